The van der Waals surface area contributed by atoms with Gasteiger partial charge in [0, 0.05) is 16.1 Å². The van der Waals surface area contributed by atoms with Crippen LogP contribution in [-0.2, 0) is 6.61 Å². The lowest BCUT2D eigenvalue weighted by molar-refractivity contribution is 0.303. The molecule has 4 heteroatoms. The highest BCUT2D eigenvalue weighted by atomic mass is 79.9. The van der Waals surface area contributed by atoms with Crippen molar-refractivity contribution in [2.24, 2.45) is 0 Å². The van der Waals surface area contributed by atoms with Crippen LogP contribution in [0.3, 0.4) is 0 Å². The van der Waals surface area contributed by atoms with Crippen LogP contribution >= 0.6 is 27.3 Å². The summed E-state index contributed by atoms with van der Waals surface area (Å²) < 4.78 is 7.13. The van der Waals surface area contributed by atoms with Gasteiger partial charge in [-0.15, -0.1) is 11.3 Å². The van der Waals surface area contributed by atoms with Gasteiger partial charge in [0.25, 0.3) is 0 Å². The molecule has 2 nitrogen and oxygen atoms in total. The van der Waals surface area contributed by atoms with Crippen LogP contribution in [-0.4, -0.2) is 7.05 Å². The molecule has 0 bridgehead atoms. The predicted molar refractivity (Wildman–Crippen MR) is 85.0 cm³/mol. The Hall–Kier alpha value is -0.840. The molecule has 1 aromatic heterocycles. The van der Waals surface area contributed by atoms with Gasteiger partial charge in [-0.1, -0.05) is 12.1 Å². The van der Waals surface area contributed by atoms with Crippen molar-refractivity contribution in [2.75, 3.05) is 7.05 Å². The Balaban J connectivity index is 2.19. The van der Waals surface area contributed by atoms with Crippen LogP contribution < -0.4 is 10.1 Å². The minimum absolute atomic E-state index is 0.280. The monoisotopic (exact) mass is 339 g/mol. The minimum atomic E-state index is 0.280. The third kappa shape index (κ3) is 3.59. The Morgan fingerprint density at radius 3 is 2.79 bits per heavy atom. The average Bonchev–Trinajstić information content (AvgIpc) is 2.81. The van der Waals surface area contributed by atoms with Crippen LogP contribution in [0.25, 0.3) is 0 Å². The van der Waals surface area contributed by atoms with Crippen LogP contribution in [0.5, 0.6) is 5.75 Å². The summed E-state index contributed by atoms with van der Waals surface area (Å²) in [6.45, 7) is 4.82. The molecule has 0 aliphatic rings. The van der Waals surface area contributed by atoms with Crippen molar-refractivity contribution in [2.45, 2.75) is 26.5 Å². The average molecular weight is 340 g/mol. The van der Waals surface area contributed by atoms with Gasteiger partial charge >= 0.3 is 0 Å². The fraction of sp³-hybridized carbons (Fsp3) is 0.333. The summed E-state index contributed by atoms with van der Waals surface area (Å²) in [5, 5.41) is 5.32. The van der Waals surface area contributed by atoms with Crippen molar-refractivity contribution in [3.05, 3.63) is 50.1 Å². The highest BCUT2D eigenvalue weighted by molar-refractivity contribution is 9.10. The Kier molecular flexibility index (Phi) is 5.02. The first-order valence-corrected chi connectivity index (χ1v) is 7.91. The normalized spacial score (nSPS) is 12.4. The fourth-order valence-corrected chi connectivity index (χ4v) is 3.23. The Morgan fingerprint density at radius 1 is 1.37 bits per heavy atom. The quantitative estimate of drug-likeness (QED) is 0.853. The van der Waals surface area contributed by atoms with Gasteiger partial charge in [0.05, 0.1) is 4.88 Å². The number of halogens is 1. The van der Waals surface area contributed by atoms with E-state index in [1.165, 1.54) is 16.0 Å². The number of aryl methyl sites for hydroxylation is 1. The van der Waals surface area contributed by atoms with Crippen molar-refractivity contribution < 1.29 is 4.74 Å². The van der Waals surface area contributed by atoms with Crippen LogP contribution in [0.15, 0.2) is 34.1 Å². The molecule has 1 atom stereocenters. The molecule has 0 amide bonds. The summed E-state index contributed by atoms with van der Waals surface area (Å²) in [4.78, 5) is 1.21. The van der Waals surface area contributed by atoms with Crippen molar-refractivity contribution in [1.82, 2.24) is 5.32 Å². The lowest BCUT2D eigenvalue weighted by atomic mass is 10.1. The number of hydrogen-bond donors (Lipinski definition) is 1. The molecule has 0 saturated heterocycles. The first-order valence-electron chi connectivity index (χ1n) is 6.24. The molecule has 0 fully saturated rings. The molecule has 19 heavy (non-hydrogen) atoms. The van der Waals surface area contributed by atoms with E-state index in [4.69, 9.17) is 4.74 Å². The van der Waals surface area contributed by atoms with E-state index in [1.807, 2.05) is 7.05 Å². The number of nitrogens with one attached hydrogen (secondary N) is 1. The number of benzene rings is 1. The second-order valence-electron chi connectivity index (χ2n) is 4.53. The number of thiophene rings is 1. The van der Waals surface area contributed by atoms with E-state index in [0.29, 0.717) is 6.61 Å². The van der Waals surface area contributed by atoms with Gasteiger partial charge < -0.3 is 10.1 Å². The molecule has 0 aliphatic heterocycles. The van der Waals surface area contributed by atoms with E-state index in [1.54, 1.807) is 11.3 Å². The maximum absolute atomic E-state index is 6.01. The highest BCUT2D eigenvalue weighted by Gasteiger charge is 2.11. The van der Waals surface area contributed by atoms with Crippen LogP contribution in [0.2, 0.25) is 0 Å². The number of hydrogen-bond acceptors (Lipinski definition) is 3. The molecule has 1 aromatic carbocycles. The van der Waals surface area contributed by atoms with Gasteiger partial charge in [-0.3, -0.25) is 0 Å². The number of ether oxygens (including phenoxy) is 1. The van der Waals surface area contributed by atoms with Crippen molar-refractivity contribution >= 4 is 27.3 Å². The molecule has 2 rings (SSSR count). The van der Waals surface area contributed by atoms with Crippen molar-refractivity contribution in [1.29, 1.82) is 0 Å². The van der Waals surface area contributed by atoms with Crippen LogP contribution in [0.4, 0.5) is 0 Å². The van der Waals surface area contributed by atoms with E-state index < -0.39 is 0 Å². The van der Waals surface area contributed by atoms with Crippen LogP contribution in [0.1, 0.15) is 29.0 Å². The molecule has 0 aliphatic carbocycles. The van der Waals surface area contributed by atoms with Crippen molar-refractivity contribution in [3.63, 3.8) is 0 Å². The summed E-state index contributed by atoms with van der Waals surface area (Å²) in [6, 6.07) is 8.69. The van der Waals surface area contributed by atoms with E-state index in [2.05, 4.69) is 64.7 Å². The van der Waals surface area contributed by atoms with Gasteiger partial charge in [0.15, 0.2) is 0 Å². The smallest absolute Gasteiger partial charge is 0.124 e. The Labute approximate surface area is 126 Å². The summed E-state index contributed by atoms with van der Waals surface area (Å²) in [6.07, 6.45) is 0. The molecular formula is C15H18BrNOS. The Morgan fingerprint density at radius 2 is 2.16 bits per heavy atom. The lowest BCUT2D eigenvalue weighted by Crippen LogP contribution is -2.13. The van der Waals surface area contributed by atoms with Gasteiger partial charge in [-0.2, -0.15) is 0 Å². The topological polar surface area (TPSA) is 21.3 Å². The van der Waals surface area contributed by atoms with Crippen molar-refractivity contribution in [3.8, 4) is 5.75 Å². The molecule has 0 spiro atoms. The zero-order valence-electron chi connectivity index (χ0n) is 11.4. The standard InChI is InChI=1S/C15H18BrNOS/c1-10-4-5-12(11(2)17-3)14(8-10)18-9-15-13(16)6-7-19-15/h4-8,11,17H,9H2,1-3H3. The SMILES string of the molecule is CNC(C)c1ccc(C)cc1OCc1sccc1Br. The zero-order valence-corrected chi connectivity index (χ0v) is 13.8. The predicted octanol–water partition coefficient (Wildman–Crippen LogP) is 4.68. The second-order valence-corrected chi connectivity index (χ2v) is 6.39. The molecule has 1 unspecified atom stereocenters. The third-order valence-corrected chi connectivity index (χ3v) is 5.02. The van der Waals surface area contributed by atoms with Gasteiger partial charge in [0.1, 0.15) is 12.4 Å². The molecule has 0 radical (unpaired) electrons. The van der Waals surface area contributed by atoms with E-state index >= 15 is 0 Å². The zero-order chi connectivity index (χ0) is 13.8. The van der Waals surface area contributed by atoms with E-state index in [0.717, 1.165) is 10.2 Å². The van der Waals surface area contributed by atoms with Gasteiger partial charge in [0.2, 0.25) is 0 Å². The second kappa shape index (κ2) is 6.55. The maximum atomic E-state index is 6.01. The lowest BCUT2D eigenvalue weighted by Gasteiger charge is -2.17. The summed E-state index contributed by atoms with van der Waals surface area (Å²) in [5.74, 6) is 0.960. The molecule has 0 saturated carbocycles. The number of rotatable bonds is 5. The summed E-state index contributed by atoms with van der Waals surface area (Å²) >= 11 is 5.24. The maximum Gasteiger partial charge on any atom is 0.124 e. The van der Waals surface area contributed by atoms with Gasteiger partial charge in [-0.05, 0) is 59.9 Å². The fourth-order valence-electron chi connectivity index (χ4n) is 1.85. The first-order chi connectivity index (χ1) is 9.11. The summed E-state index contributed by atoms with van der Waals surface area (Å²) in [7, 11) is 1.96. The molecule has 2 aromatic rings. The minimum Gasteiger partial charge on any atom is -0.488 e. The third-order valence-electron chi connectivity index (χ3n) is 3.12. The first kappa shape index (κ1) is 14.6. The Bertz CT molecular complexity index is 553. The molecular weight excluding hydrogens is 322 g/mol. The van der Waals surface area contributed by atoms with Gasteiger partial charge in [-0.25, -0.2) is 0 Å². The van der Waals surface area contributed by atoms with E-state index in [-0.39, 0.29) is 6.04 Å². The molecule has 1 heterocycles. The highest BCUT2D eigenvalue weighted by Crippen LogP contribution is 2.29. The van der Waals surface area contributed by atoms with Crippen LogP contribution in [0, 0.1) is 6.92 Å². The summed E-state index contributed by atoms with van der Waals surface area (Å²) in [5.41, 5.74) is 2.41. The van der Waals surface area contributed by atoms with E-state index in [9.17, 15) is 0 Å². The molecule has 102 valence electrons. The molecule has 1 N–H and O–H groups in total. The largest absolute Gasteiger partial charge is 0.488 e.